The highest BCUT2D eigenvalue weighted by atomic mass is 79.9. The molecule has 0 aliphatic carbocycles. The highest BCUT2D eigenvalue weighted by Crippen LogP contribution is 2.22. The first-order valence-electron chi connectivity index (χ1n) is 4.69. The molecule has 1 heterocycles. The molecular weight excluding hydrogens is 252 g/mol. The molecule has 1 aromatic carbocycles. The van der Waals surface area contributed by atoms with E-state index in [9.17, 15) is 0 Å². The van der Waals surface area contributed by atoms with Crippen LogP contribution in [0.25, 0.3) is 11.3 Å². The van der Waals surface area contributed by atoms with Crippen molar-refractivity contribution >= 4 is 21.6 Å². The normalized spacial score (nSPS) is 10.0. The Kier molecular flexibility index (Phi) is 3.02. The van der Waals surface area contributed by atoms with Crippen LogP contribution in [0.5, 0.6) is 0 Å². The van der Waals surface area contributed by atoms with Gasteiger partial charge in [-0.05, 0) is 24.3 Å². The van der Waals surface area contributed by atoms with Gasteiger partial charge in [0.15, 0.2) is 0 Å². The molecule has 0 unspecified atom stereocenters. The zero-order valence-electron chi connectivity index (χ0n) is 8.37. The Morgan fingerprint density at radius 1 is 1.20 bits per heavy atom. The van der Waals surface area contributed by atoms with Crippen LogP contribution >= 0.6 is 15.9 Å². The largest absolute Gasteiger partial charge is 0.388 e. The van der Waals surface area contributed by atoms with Crippen molar-refractivity contribution in [3.63, 3.8) is 0 Å². The Hall–Kier alpha value is -1.35. The molecule has 0 saturated carbocycles. The molecule has 15 heavy (non-hydrogen) atoms. The number of hydrogen-bond donors (Lipinski definition) is 1. The highest BCUT2D eigenvalue weighted by molar-refractivity contribution is 9.10. The van der Waals surface area contributed by atoms with Gasteiger partial charge in [0.2, 0.25) is 0 Å². The minimum atomic E-state index is 0.975. The second kappa shape index (κ2) is 4.45. The number of pyridine rings is 1. The van der Waals surface area contributed by atoms with Crippen molar-refractivity contribution in [2.24, 2.45) is 0 Å². The van der Waals surface area contributed by atoms with Crippen molar-refractivity contribution in [3.8, 4) is 11.3 Å². The van der Waals surface area contributed by atoms with Crippen molar-refractivity contribution < 1.29 is 0 Å². The third-order valence-electron chi connectivity index (χ3n) is 2.17. The zero-order valence-corrected chi connectivity index (χ0v) is 9.95. The van der Waals surface area contributed by atoms with Gasteiger partial charge >= 0.3 is 0 Å². The van der Waals surface area contributed by atoms with Gasteiger partial charge in [-0.1, -0.05) is 28.1 Å². The molecule has 0 aliphatic rings. The van der Waals surface area contributed by atoms with E-state index in [1.54, 1.807) is 0 Å². The van der Waals surface area contributed by atoms with E-state index in [1.807, 2.05) is 43.6 Å². The summed E-state index contributed by atoms with van der Waals surface area (Å²) >= 11 is 3.45. The average molecular weight is 263 g/mol. The fraction of sp³-hybridized carbons (Fsp3) is 0.0833. The van der Waals surface area contributed by atoms with E-state index in [0.29, 0.717) is 0 Å². The lowest BCUT2D eigenvalue weighted by Crippen LogP contribution is -1.90. The summed E-state index contributed by atoms with van der Waals surface area (Å²) in [6, 6.07) is 12.1. The molecular formula is C12H11BrN2. The summed E-state index contributed by atoms with van der Waals surface area (Å²) in [6.45, 7) is 0. The minimum absolute atomic E-state index is 0.975. The van der Waals surface area contributed by atoms with Crippen molar-refractivity contribution in [1.82, 2.24) is 4.98 Å². The standard InChI is InChI=1S/C12H11BrN2/c1-14-11-5-6-15-12(8-11)9-3-2-4-10(13)7-9/h2-8H,1H3,(H,14,15). The van der Waals surface area contributed by atoms with Gasteiger partial charge in [0, 0.05) is 29.0 Å². The number of nitrogens with one attached hydrogen (secondary N) is 1. The fourth-order valence-corrected chi connectivity index (χ4v) is 1.79. The number of aromatic nitrogens is 1. The van der Waals surface area contributed by atoms with Crippen LogP contribution in [-0.4, -0.2) is 12.0 Å². The van der Waals surface area contributed by atoms with Crippen LogP contribution in [0.4, 0.5) is 5.69 Å². The molecule has 1 aromatic heterocycles. The molecule has 2 nitrogen and oxygen atoms in total. The molecule has 0 spiro atoms. The van der Waals surface area contributed by atoms with E-state index in [4.69, 9.17) is 0 Å². The lowest BCUT2D eigenvalue weighted by molar-refractivity contribution is 1.31. The second-order valence-corrected chi connectivity index (χ2v) is 4.11. The Labute approximate surface area is 97.5 Å². The van der Waals surface area contributed by atoms with E-state index >= 15 is 0 Å². The molecule has 0 fully saturated rings. The zero-order chi connectivity index (χ0) is 10.7. The number of hydrogen-bond acceptors (Lipinski definition) is 2. The molecule has 3 heteroatoms. The summed E-state index contributed by atoms with van der Waals surface area (Å²) in [6.07, 6.45) is 1.81. The topological polar surface area (TPSA) is 24.9 Å². The molecule has 0 amide bonds. The first-order valence-corrected chi connectivity index (χ1v) is 5.48. The van der Waals surface area contributed by atoms with E-state index < -0.39 is 0 Å². The van der Waals surface area contributed by atoms with Crippen LogP contribution < -0.4 is 5.32 Å². The highest BCUT2D eigenvalue weighted by Gasteiger charge is 2.00. The predicted octanol–water partition coefficient (Wildman–Crippen LogP) is 3.55. The third kappa shape index (κ3) is 2.36. The SMILES string of the molecule is CNc1ccnc(-c2cccc(Br)c2)c1. The number of halogens is 1. The number of rotatable bonds is 2. The Balaban J connectivity index is 2.44. The molecule has 0 saturated heterocycles. The first kappa shape index (κ1) is 10.2. The molecule has 0 bridgehead atoms. The number of benzene rings is 1. The van der Waals surface area contributed by atoms with E-state index in [2.05, 4.69) is 32.3 Å². The van der Waals surface area contributed by atoms with Gasteiger partial charge in [0.05, 0.1) is 5.69 Å². The summed E-state index contributed by atoms with van der Waals surface area (Å²) in [4.78, 5) is 4.34. The van der Waals surface area contributed by atoms with Crippen LogP contribution in [0, 0.1) is 0 Å². The second-order valence-electron chi connectivity index (χ2n) is 3.19. The van der Waals surface area contributed by atoms with Crippen LogP contribution in [0.2, 0.25) is 0 Å². The third-order valence-corrected chi connectivity index (χ3v) is 2.66. The lowest BCUT2D eigenvalue weighted by Gasteiger charge is -2.04. The molecule has 0 aliphatic heterocycles. The average Bonchev–Trinajstić information content (AvgIpc) is 2.29. The monoisotopic (exact) mass is 262 g/mol. The summed E-state index contributed by atoms with van der Waals surface area (Å²) in [5.41, 5.74) is 3.16. The van der Waals surface area contributed by atoms with Crippen LogP contribution in [0.15, 0.2) is 47.1 Å². The summed E-state index contributed by atoms with van der Waals surface area (Å²) in [5.74, 6) is 0. The summed E-state index contributed by atoms with van der Waals surface area (Å²) in [7, 11) is 1.90. The molecule has 0 atom stereocenters. The maximum absolute atomic E-state index is 4.34. The van der Waals surface area contributed by atoms with E-state index in [-0.39, 0.29) is 0 Å². The molecule has 76 valence electrons. The van der Waals surface area contributed by atoms with Crippen LogP contribution in [-0.2, 0) is 0 Å². The summed E-state index contributed by atoms with van der Waals surface area (Å²) in [5, 5.41) is 3.10. The molecule has 1 N–H and O–H groups in total. The lowest BCUT2D eigenvalue weighted by atomic mass is 10.1. The Morgan fingerprint density at radius 2 is 2.07 bits per heavy atom. The van der Waals surface area contributed by atoms with Gasteiger partial charge in [0.1, 0.15) is 0 Å². The van der Waals surface area contributed by atoms with Gasteiger partial charge in [-0.15, -0.1) is 0 Å². The number of anilines is 1. The van der Waals surface area contributed by atoms with E-state index in [1.165, 1.54) is 0 Å². The first-order chi connectivity index (χ1) is 7.29. The van der Waals surface area contributed by atoms with Gasteiger partial charge in [-0.2, -0.15) is 0 Å². The summed E-state index contributed by atoms with van der Waals surface area (Å²) < 4.78 is 1.07. The smallest absolute Gasteiger partial charge is 0.0722 e. The molecule has 0 radical (unpaired) electrons. The maximum Gasteiger partial charge on any atom is 0.0722 e. The van der Waals surface area contributed by atoms with Gasteiger partial charge in [0.25, 0.3) is 0 Å². The quantitative estimate of drug-likeness (QED) is 0.896. The predicted molar refractivity (Wildman–Crippen MR) is 66.9 cm³/mol. The van der Waals surface area contributed by atoms with Crippen LogP contribution in [0.3, 0.4) is 0 Å². The Bertz CT molecular complexity index is 469. The van der Waals surface area contributed by atoms with Crippen LogP contribution in [0.1, 0.15) is 0 Å². The van der Waals surface area contributed by atoms with Crippen molar-refractivity contribution in [2.75, 3.05) is 12.4 Å². The fourth-order valence-electron chi connectivity index (χ4n) is 1.39. The van der Waals surface area contributed by atoms with Crippen molar-refractivity contribution in [1.29, 1.82) is 0 Å². The van der Waals surface area contributed by atoms with Gasteiger partial charge in [-0.25, -0.2) is 0 Å². The maximum atomic E-state index is 4.34. The minimum Gasteiger partial charge on any atom is -0.388 e. The Morgan fingerprint density at radius 3 is 2.80 bits per heavy atom. The molecule has 2 aromatic rings. The van der Waals surface area contributed by atoms with Crippen molar-refractivity contribution in [2.45, 2.75) is 0 Å². The molecule has 2 rings (SSSR count). The number of nitrogens with zero attached hydrogens (tertiary/aromatic N) is 1. The van der Waals surface area contributed by atoms with Crippen molar-refractivity contribution in [3.05, 3.63) is 47.1 Å². The van der Waals surface area contributed by atoms with Gasteiger partial charge < -0.3 is 5.32 Å². The van der Waals surface area contributed by atoms with Gasteiger partial charge in [-0.3, -0.25) is 4.98 Å². The van der Waals surface area contributed by atoms with E-state index in [0.717, 1.165) is 21.4 Å².